The van der Waals surface area contributed by atoms with Crippen molar-refractivity contribution in [1.29, 1.82) is 0 Å². The molecule has 1 rings (SSSR count). The molecule has 5 nitrogen and oxygen atoms in total. The number of carbonyl (C=O) groups is 2. The van der Waals surface area contributed by atoms with Crippen molar-refractivity contribution in [2.75, 3.05) is 33.3 Å². The van der Waals surface area contributed by atoms with Crippen LogP contribution in [0.2, 0.25) is 0 Å². The van der Waals surface area contributed by atoms with Crippen LogP contribution in [0.5, 0.6) is 0 Å². The van der Waals surface area contributed by atoms with Crippen LogP contribution in [0.3, 0.4) is 0 Å². The van der Waals surface area contributed by atoms with E-state index in [1.54, 1.807) is 0 Å². The van der Waals surface area contributed by atoms with Crippen molar-refractivity contribution in [3.63, 3.8) is 0 Å². The van der Waals surface area contributed by atoms with E-state index in [1.165, 1.54) is 7.11 Å². The topological polar surface area (TPSA) is 58.6 Å². The Morgan fingerprint density at radius 2 is 2.16 bits per heavy atom. The molecule has 110 valence electrons. The first-order chi connectivity index (χ1) is 9.04. The molecule has 1 atom stereocenters. The third-order valence-corrected chi connectivity index (χ3v) is 3.36. The highest BCUT2D eigenvalue weighted by molar-refractivity contribution is 5.80. The zero-order chi connectivity index (χ0) is 14.3. The molecule has 5 heteroatoms. The molecule has 1 saturated heterocycles. The molecule has 0 saturated carbocycles. The molecular weight excluding hydrogens is 244 g/mol. The Labute approximate surface area is 115 Å². The van der Waals surface area contributed by atoms with Crippen LogP contribution in [-0.4, -0.2) is 50.1 Å². The van der Waals surface area contributed by atoms with Gasteiger partial charge in [0, 0.05) is 19.6 Å². The van der Waals surface area contributed by atoms with Gasteiger partial charge >= 0.3 is 5.97 Å². The maximum Gasteiger partial charge on any atom is 0.307 e. The molecule has 0 unspecified atom stereocenters. The van der Waals surface area contributed by atoms with Gasteiger partial charge in [-0.1, -0.05) is 13.8 Å². The summed E-state index contributed by atoms with van der Waals surface area (Å²) in [5, 5.41) is 3.26. The fourth-order valence-corrected chi connectivity index (χ4v) is 2.38. The lowest BCUT2D eigenvalue weighted by Gasteiger charge is -2.30. The Bertz CT molecular complexity index is 299. The van der Waals surface area contributed by atoms with Gasteiger partial charge in [-0.05, 0) is 25.3 Å². The molecule has 0 aromatic rings. The van der Waals surface area contributed by atoms with E-state index in [-0.39, 0.29) is 24.2 Å². The second kappa shape index (κ2) is 8.15. The maximum absolute atomic E-state index is 12.5. The molecule has 0 aliphatic carbocycles. The monoisotopic (exact) mass is 270 g/mol. The van der Waals surface area contributed by atoms with Gasteiger partial charge in [-0.2, -0.15) is 0 Å². The number of nitrogens with zero attached hydrogens (tertiary/aromatic N) is 1. The molecule has 1 aliphatic heterocycles. The van der Waals surface area contributed by atoms with E-state index >= 15 is 0 Å². The van der Waals surface area contributed by atoms with Gasteiger partial charge in [0.05, 0.1) is 19.4 Å². The molecule has 1 amide bonds. The first kappa shape index (κ1) is 16.0. The minimum atomic E-state index is -0.261. The minimum Gasteiger partial charge on any atom is -0.469 e. The summed E-state index contributed by atoms with van der Waals surface area (Å²) in [5.74, 6) is 0.372. The normalized spacial score (nSPS) is 19.3. The molecule has 1 heterocycles. The standard InChI is InChI=1S/C14H26N2O3/c1-11(2)10-16(8-6-13(17)19-3)14(18)12-5-4-7-15-9-12/h11-12,15H,4-10H2,1-3H3/t12-/m1/s1. The van der Waals surface area contributed by atoms with E-state index in [9.17, 15) is 9.59 Å². The van der Waals surface area contributed by atoms with Gasteiger partial charge in [0.25, 0.3) is 0 Å². The minimum absolute atomic E-state index is 0.0603. The van der Waals surface area contributed by atoms with E-state index in [0.717, 1.165) is 25.9 Å². The number of hydrogen-bond acceptors (Lipinski definition) is 4. The molecule has 0 spiro atoms. The predicted octanol–water partition coefficient (Wildman–Crippen LogP) is 1.03. The lowest BCUT2D eigenvalue weighted by atomic mass is 9.97. The number of hydrogen-bond donors (Lipinski definition) is 1. The van der Waals surface area contributed by atoms with Gasteiger partial charge in [-0.3, -0.25) is 9.59 Å². The van der Waals surface area contributed by atoms with Crippen molar-refractivity contribution >= 4 is 11.9 Å². The summed E-state index contributed by atoms with van der Waals surface area (Å²) in [4.78, 5) is 25.5. The second-order valence-electron chi connectivity index (χ2n) is 5.55. The Morgan fingerprint density at radius 1 is 1.42 bits per heavy atom. The van der Waals surface area contributed by atoms with Crippen LogP contribution in [0.1, 0.15) is 33.1 Å². The van der Waals surface area contributed by atoms with Crippen LogP contribution in [0, 0.1) is 11.8 Å². The van der Waals surface area contributed by atoms with Gasteiger partial charge in [0.15, 0.2) is 0 Å². The van der Waals surface area contributed by atoms with Crippen LogP contribution in [0.4, 0.5) is 0 Å². The summed E-state index contributed by atoms with van der Waals surface area (Å²) in [7, 11) is 1.38. The van der Waals surface area contributed by atoms with E-state index < -0.39 is 0 Å². The van der Waals surface area contributed by atoms with Crippen LogP contribution < -0.4 is 5.32 Å². The average molecular weight is 270 g/mol. The van der Waals surface area contributed by atoms with Crippen LogP contribution >= 0.6 is 0 Å². The molecule has 1 fully saturated rings. The number of methoxy groups -OCH3 is 1. The van der Waals surface area contributed by atoms with E-state index in [1.807, 2.05) is 4.90 Å². The number of ether oxygens (including phenoxy) is 1. The zero-order valence-corrected chi connectivity index (χ0v) is 12.3. The van der Waals surface area contributed by atoms with Crippen LogP contribution in [0.25, 0.3) is 0 Å². The molecule has 0 aromatic carbocycles. The van der Waals surface area contributed by atoms with Crippen molar-refractivity contribution in [1.82, 2.24) is 10.2 Å². The summed E-state index contributed by atoms with van der Waals surface area (Å²) in [6.45, 7) is 7.07. The summed E-state index contributed by atoms with van der Waals surface area (Å²) >= 11 is 0. The lowest BCUT2D eigenvalue weighted by Crippen LogP contribution is -2.45. The van der Waals surface area contributed by atoms with Crippen LogP contribution in [0.15, 0.2) is 0 Å². The molecule has 19 heavy (non-hydrogen) atoms. The van der Waals surface area contributed by atoms with Crippen molar-refractivity contribution < 1.29 is 14.3 Å². The molecule has 1 aliphatic rings. The van der Waals surface area contributed by atoms with Crippen molar-refractivity contribution in [2.24, 2.45) is 11.8 Å². The first-order valence-corrected chi connectivity index (χ1v) is 7.11. The third-order valence-electron chi connectivity index (χ3n) is 3.36. The highest BCUT2D eigenvalue weighted by Crippen LogP contribution is 2.15. The molecule has 0 radical (unpaired) electrons. The maximum atomic E-state index is 12.5. The second-order valence-corrected chi connectivity index (χ2v) is 5.55. The molecule has 0 bridgehead atoms. The fraction of sp³-hybridized carbons (Fsp3) is 0.857. The Morgan fingerprint density at radius 3 is 2.68 bits per heavy atom. The van der Waals surface area contributed by atoms with Crippen molar-refractivity contribution in [3.8, 4) is 0 Å². The molecule has 0 aromatic heterocycles. The van der Waals surface area contributed by atoms with Gasteiger partial charge < -0.3 is 15.0 Å². The number of carbonyl (C=O) groups excluding carboxylic acids is 2. The lowest BCUT2D eigenvalue weighted by molar-refractivity contribution is -0.142. The molecule has 1 N–H and O–H groups in total. The summed E-state index contributed by atoms with van der Waals surface area (Å²) in [5.41, 5.74) is 0. The first-order valence-electron chi connectivity index (χ1n) is 7.11. The number of piperidine rings is 1. The smallest absolute Gasteiger partial charge is 0.307 e. The highest BCUT2D eigenvalue weighted by Gasteiger charge is 2.26. The fourth-order valence-electron chi connectivity index (χ4n) is 2.38. The van der Waals surface area contributed by atoms with Gasteiger partial charge in [-0.25, -0.2) is 0 Å². The summed E-state index contributed by atoms with van der Waals surface area (Å²) in [6.07, 6.45) is 2.26. The van der Waals surface area contributed by atoms with E-state index in [0.29, 0.717) is 19.0 Å². The molecular formula is C14H26N2O3. The predicted molar refractivity (Wildman–Crippen MR) is 73.6 cm³/mol. The van der Waals surface area contributed by atoms with Crippen molar-refractivity contribution in [3.05, 3.63) is 0 Å². The van der Waals surface area contributed by atoms with E-state index in [4.69, 9.17) is 0 Å². The Kier molecular flexibility index (Phi) is 6.84. The Hall–Kier alpha value is -1.10. The number of amides is 1. The highest BCUT2D eigenvalue weighted by atomic mass is 16.5. The van der Waals surface area contributed by atoms with Gasteiger partial charge in [-0.15, -0.1) is 0 Å². The summed E-state index contributed by atoms with van der Waals surface area (Å²) in [6, 6.07) is 0. The average Bonchev–Trinajstić information content (AvgIpc) is 2.42. The zero-order valence-electron chi connectivity index (χ0n) is 12.3. The largest absolute Gasteiger partial charge is 0.469 e. The number of nitrogens with one attached hydrogen (secondary N) is 1. The van der Waals surface area contributed by atoms with E-state index in [2.05, 4.69) is 23.9 Å². The SMILES string of the molecule is COC(=O)CCN(CC(C)C)C(=O)[C@@H]1CCCNC1. The number of esters is 1. The number of rotatable bonds is 6. The van der Waals surface area contributed by atoms with Gasteiger partial charge in [0.2, 0.25) is 5.91 Å². The third kappa shape index (κ3) is 5.59. The quantitative estimate of drug-likeness (QED) is 0.733. The van der Waals surface area contributed by atoms with Crippen LogP contribution in [-0.2, 0) is 14.3 Å². The van der Waals surface area contributed by atoms with Crippen molar-refractivity contribution in [2.45, 2.75) is 33.1 Å². The Balaban J connectivity index is 2.55. The van der Waals surface area contributed by atoms with Gasteiger partial charge in [0.1, 0.15) is 0 Å². The summed E-state index contributed by atoms with van der Waals surface area (Å²) < 4.78 is 4.64.